The van der Waals surface area contributed by atoms with Crippen LogP contribution in [-0.2, 0) is 20.4 Å². The standard InChI is InChI=1S/C28H39NO3/c1-27(22-30,23-14-6-4-7-15-23)20-12-10-18-25(31)19-11-13-21-28(2,26(32)29-3)24-16-8-5-9-17-24/h4-9,14-17,22,25,31H,10-13,18-21H2,1-3H3,(H,29,32). The molecule has 0 aliphatic heterocycles. The summed E-state index contributed by atoms with van der Waals surface area (Å²) in [5.74, 6) is 0.0286. The number of unbranched alkanes of at least 4 members (excludes halogenated alkanes) is 2. The summed E-state index contributed by atoms with van der Waals surface area (Å²) in [4.78, 5) is 24.3. The first-order chi connectivity index (χ1) is 15.4. The topological polar surface area (TPSA) is 66.4 Å². The average Bonchev–Trinajstić information content (AvgIpc) is 2.84. The third-order valence-electron chi connectivity index (χ3n) is 6.78. The molecule has 2 N–H and O–H groups in total. The summed E-state index contributed by atoms with van der Waals surface area (Å²) in [6.07, 6.45) is 7.31. The van der Waals surface area contributed by atoms with E-state index in [1.807, 2.05) is 74.5 Å². The van der Waals surface area contributed by atoms with Crippen molar-refractivity contribution in [1.29, 1.82) is 0 Å². The Hall–Kier alpha value is -2.46. The van der Waals surface area contributed by atoms with Crippen molar-refractivity contribution in [3.63, 3.8) is 0 Å². The highest BCUT2D eigenvalue weighted by molar-refractivity contribution is 5.87. The summed E-state index contributed by atoms with van der Waals surface area (Å²) in [6.45, 7) is 3.98. The molecule has 0 spiro atoms. The number of nitrogens with one attached hydrogen (secondary N) is 1. The number of benzene rings is 2. The van der Waals surface area contributed by atoms with E-state index in [2.05, 4.69) is 5.32 Å². The molecule has 0 bridgehead atoms. The van der Waals surface area contributed by atoms with Crippen molar-refractivity contribution in [3.05, 3.63) is 71.8 Å². The van der Waals surface area contributed by atoms with E-state index >= 15 is 0 Å². The summed E-state index contributed by atoms with van der Waals surface area (Å²) in [6, 6.07) is 19.8. The van der Waals surface area contributed by atoms with Crippen molar-refractivity contribution in [2.75, 3.05) is 7.05 Å². The monoisotopic (exact) mass is 437 g/mol. The fourth-order valence-electron chi connectivity index (χ4n) is 4.44. The average molecular weight is 438 g/mol. The van der Waals surface area contributed by atoms with Crippen molar-refractivity contribution in [2.24, 2.45) is 0 Å². The van der Waals surface area contributed by atoms with Gasteiger partial charge in [0.1, 0.15) is 6.29 Å². The van der Waals surface area contributed by atoms with Gasteiger partial charge in [0, 0.05) is 12.5 Å². The molecule has 32 heavy (non-hydrogen) atoms. The first kappa shape index (κ1) is 25.8. The van der Waals surface area contributed by atoms with E-state index in [0.717, 1.165) is 68.8 Å². The first-order valence-corrected chi connectivity index (χ1v) is 11.8. The summed E-state index contributed by atoms with van der Waals surface area (Å²) < 4.78 is 0. The summed E-state index contributed by atoms with van der Waals surface area (Å²) in [7, 11) is 1.68. The highest BCUT2D eigenvalue weighted by Gasteiger charge is 2.33. The van der Waals surface area contributed by atoms with Crippen LogP contribution in [-0.4, -0.2) is 30.5 Å². The lowest BCUT2D eigenvalue weighted by Gasteiger charge is -2.28. The molecule has 0 aliphatic carbocycles. The van der Waals surface area contributed by atoms with Crippen molar-refractivity contribution in [1.82, 2.24) is 5.32 Å². The zero-order chi connectivity index (χ0) is 23.5. The molecule has 0 saturated heterocycles. The zero-order valence-electron chi connectivity index (χ0n) is 19.8. The van der Waals surface area contributed by atoms with E-state index in [4.69, 9.17) is 0 Å². The molecule has 4 nitrogen and oxygen atoms in total. The van der Waals surface area contributed by atoms with Crippen LogP contribution < -0.4 is 5.32 Å². The van der Waals surface area contributed by atoms with Gasteiger partial charge in [0.05, 0.1) is 11.5 Å². The Morgan fingerprint density at radius 3 is 1.88 bits per heavy atom. The number of rotatable bonds is 14. The predicted molar refractivity (Wildman–Crippen MR) is 131 cm³/mol. The minimum Gasteiger partial charge on any atom is -0.393 e. The minimum atomic E-state index is -0.558. The Morgan fingerprint density at radius 2 is 1.38 bits per heavy atom. The maximum absolute atomic E-state index is 12.6. The predicted octanol–water partition coefficient (Wildman–Crippen LogP) is 5.33. The molecule has 3 unspecified atom stereocenters. The van der Waals surface area contributed by atoms with Crippen LogP contribution in [0.1, 0.15) is 76.3 Å². The molecule has 0 saturated carbocycles. The molecule has 0 aromatic heterocycles. The number of likely N-dealkylation sites (N-methyl/N-ethyl adjacent to an activating group) is 1. The molecule has 2 aromatic rings. The third-order valence-corrected chi connectivity index (χ3v) is 6.78. The fourth-order valence-corrected chi connectivity index (χ4v) is 4.44. The van der Waals surface area contributed by atoms with Crippen LogP contribution in [0.2, 0.25) is 0 Å². The van der Waals surface area contributed by atoms with Gasteiger partial charge in [0.25, 0.3) is 0 Å². The second-order valence-corrected chi connectivity index (χ2v) is 9.32. The number of amides is 1. The first-order valence-electron chi connectivity index (χ1n) is 11.8. The lowest BCUT2D eigenvalue weighted by molar-refractivity contribution is -0.126. The minimum absolute atomic E-state index is 0.0286. The molecule has 2 aromatic carbocycles. The normalized spacial score (nSPS) is 15.9. The number of aliphatic hydroxyl groups is 1. The summed E-state index contributed by atoms with van der Waals surface area (Å²) in [5, 5.41) is 13.2. The zero-order valence-corrected chi connectivity index (χ0v) is 19.8. The van der Waals surface area contributed by atoms with E-state index in [1.54, 1.807) is 7.05 Å². The van der Waals surface area contributed by atoms with E-state index in [1.165, 1.54) is 0 Å². The molecular formula is C28H39NO3. The third kappa shape index (κ3) is 7.03. The Kier molecular flexibility index (Phi) is 10.1. The molecule has 174 valence electrons. The van der Waals surface area contributed by atoms with Gasteiger partial charge < -0.3 is 15.2 Å². The second kappa shape index (κ2) is 12.5. The molecule has 0 fully saturated rings. The number of carbonyl (C=O) groups excluding carboxylic acids is 2. The van der Waals surface area contributed by atoms with Gasteiger partial charge in [-0.15, -0.1) is 0 Å². The lowest BCUT2D eigenvalue weighted by atomic mass is 9.77. The molecule has 2 rings (SSSR count). The van der Waals surface area contributed by atoms with Gasteiger partial charge in [-0.3, -0.25) is 4.79 Å². The van der Waals surface area contributed by atoms with Crippen LogP contribution in [0.15, 0.2) is 60.7 Å². The smallest absolute Gasteiger partial charge is 0.230 e. The number of carbonyl (C=O) groups is 2. The molecule has 0 heterocycles. The maximum Gasteiger partial charge on any atom is 0.230 e. The van der Waals surface area contributed by atoms with Gasteiger partial charge >= 0.3 is 0 Å². The quantitative estimate of drug-likeness (QED) is 0.310. The van der Waals surface area contributed by atoms with Crippen LogP contribution in [0.25, 0.3) is 0 Å². The Balaban J connectivity index is 1.73. The maximum atomic E-state index is 12.6. The molecule has 4 heteroatoms. The van der Waals surface area contributed by atoms with Crippen LogP contribution in [0, 0.1) is 0 Å². The van der Waals surface area contributed by atoms with Gasteiger partial charge in [-0.05, 0) is 50.7 Å². The van der Waals surface area contributed by atoms with Crippen molar-refractivity contribution in [3.8, 4) is 0 Å². The fraction of sp³-hybridized carbons (Fsp3) is 0.500. The van der Waals surface area contributed by atoms with Crippen LogP contribution in [0.4, 0.5) is 0 Å². The molecule has 1 amide bonds. The Labute approximate surface area is 193 Å². The van der Waals surface area contributed by atoms with Crippen LogP contribution in [0.5, 0.6) is 0 Å². The highest BCUT2D eigenvalue weighted by Crippen LogP contribution is 2.31. The lowest BCUT2D eigenvalue weighted by Crippen LogP contribution is -2.40. The molecule has 0 radical (unpaired) electrons. The number of hydrogen-bond donors (Lipinski definition) is 2. The Bertz CT molecular complexity index is 823. The van der Waals surface area contributed by atoms with Gasteiger partial charge in [-0.25, -0.2) is 0 Å². The van der Waals surface area contributed by atoms with Gasteiger partial charge in [0.2, 0.25) is 5.91 Å². The van der Waals surface area contributed by atoms with Crippen LogP contribution in [0.3, 0.4) is 0 Å². The van der Waals surface area contributed by atoms with E-state index in [9.17, 15) is 14.7 Å². The SMILES string of the molecule is CNC(=O)C(C)(CCCCC(O)CCCCC(C)(C=O)c1ccccc1)c1ccccc1. The molecule has 3 atom stereocenters. The Morgan fingerprint density at radius 1 is 0.875 bits per heavy atom. The van der Waals surface area contributed by atoms with Gasteiger partial charge in [-0.2, -0.15) is 0 Å². The summed E-state index contributed by atoms with van der Waals surface area (Å²) in [5.41, 5.74) is 1.05. The van der Waals surface area contributed by atoms with Crippen molar-refractivity contribution < 1.29 is 14.7 Å². The van der Waals surface area contributed by atoms with Gasteiger partial charge in [0.15, 0.2) is 0 Å². The molecular weight excluding hydrogens is 398 g/mol. The van der Waals surface area contributed by atoms with E-state index in [0.29, 0.717) is 0 Å². The van der Waals surface area contributed by atoms with Gasteiger partial charge in [-0.1, -0.05) is 86.3 Å². The number of aliphatic hydroxyl groups excluding tert-OH is 1. The number of aldehydes is 1. The van der Waals surface area contributed by atoms with Crippen molar-refractivity contribution in [2.45, 2.75) is 82.1 Å². The van der Waals surface area contributed by atoms with Crippen LogP contribution >= 0.6 is 0 Å². The van der Waals surface area contributed by atoms with E-state index < -0.39 is 10.8 Å². The summed E-state index contributed by atoms with van der Waals surface area (Å²) >= 11 is 0. The molecule has 0 aliphatic rings. The van der Waals surface area contributed by atoms with Crippen molar-refractivity contribution >= 4 is 12.2 Å². The highest BCUT2D eigenvalue weighted by atomic mass is 16.3. The van der Waals surface area contributed by atoms with E-state index in [-0.39, 0.29) is 12.0 Å². The largest absolute Gasteiger partial charge is 0.393 e. The second-order valence-electron chi connectivity index (χ2n) is 9.32. The number of hydrogen-bond acceptors (Lipinski definition) is 3.